The monoisotopic (exact) mass is 252 g/mol. The second-order valence-corrected chi connectivity index (χ2v) is 4.47. The molecule has 19 heavy (non-hydrogen) atoms. The van der Waals surface area contributed by atoms with E-state index < -0.39 is 0 Å². The molecule has 0 amide bonds. The lowest BCUT2D eigenvalue weighted by atomic mass is 10.1. The van der Waals surface area contributed by atoms with Crippen molar-refractivity contribution in [2.75, 3.05) is 6.61 Å². The minimum absolute atomic E-state index is 0.656. The predicted octanol–water partition coefficient (Wildman–Crippen LogP) is 2.33. The highest BCUT2D eigenvalue weighted by atomic mass is 16.5. The molecule has 0 radical (unpaired) electrons. The fourth-order valence-electron chi connectivity index (χ4n) is 2.40. The number of hydrogen-bond donors (Lipinski definition) is 1. The number of imidazole rings is 2. The van der Waals surface area contributed by atoms with Gasteiger partial charge < -0.3 is 14.3 Å². The van der Waals surface area contributed by atoms with E-state index in [1.54, 1.807) is 12.5 Å². The Kier molecular flexibility index (Phi) is 2.17. The Morgan fingerprint density at radius 3 is 3.21 bits per heavy atom. The summed E-state index contributed by atoms with van der Waals surface area (Å²) in [6.07, 6.45) is 7.29. The Morgan fingerprint density at radius 2 is 2.32 bits per heavy atom. The number of aromatic nitrogens is 4. The quantitative estimate of drug-likeness (QED) is 0.723. The van der Waals surface area contributed by atoms with Crippen LogP contribution in [0.4, 0.5) is 0 Å². The van der Waals surface area contributed by atoms with Crippen molar-refractivity contribution in [2.24, 2.45) is 0 Å². The smallest absolute Gasteiger partial charge is 0.143 e. The van der Waals surface area contributed by atoms with Crippen molar-refractivity contribution in [3.8, 4) is 28.4 Å². The lowest BCUT2D eigenvalue weighted by Crippen LogP contribution is -2.04. The van der Waals surface area contributed by atoms with Crippen LogP contribution in [0.1, 0.15) is 0 Å². The Bertz CT molecular complexity index is 715. The highest BCUT2D eigenvalue weighted by molar-refractivity contribution is 5.72. The molecule has 1 aromatic carbocycles. The lowest BCUT2D eigenvalue weighted by molar-refractivity contribution is 0.307. The van der Waals surface area contributed by atoms with Gasteiger partial charge in [0, 0.05) is 18.0 Å². The van der Waals surface area contributed by atoms with E-state index in [1.807, 2.05) is 18.5 Å². The van der Waals surface area contributed by atoms with Crippen molar-refractivity contribution in [3.05, 3.63) is 43.1 Å². The summed E-state index contributed by atoms with van der Waals surface area (Å²) in [5, 5.41) is 0. The zero-order valence-electron chi connectivity index (χ0n) is 10.2. The molecule has 94 valence electrons. The van der Waals surface area contributed by atoms with Crippen LogP contribution in [0, 0.1) is 0 Å². The maximum absolute atomic E-state index is 5.83. The standard InChI is InChI=1S/C14H12N4O/c1-2-11-13(7-10(1)12-8-15-9-17-12)19-6-5-18-4-3-16-14(11)18/h1-4,7-9H,5-6H2,(H,15,17). The summed E-state index contributed by atoms with van der Waals surface area (Å²) in [5.41, 5.74) is 3.08. The minimum atomic E-state index is 0.656. The summed E-state index contributed by atoms with van der Waals surface area (Å²) in [6.45, 7) is 1.48. The molecule has 1 aliphatic heterocycles. The number of nitrogens with zero attached hydrogens (tertiary/aromatic N) is 3. The van der Waals surface area contributed by atoms with Gasteiger partial charge in [0.15, 0.2) is 0 Å². The number of nitrogens with one attached hydrogen (secondary N) is 1. The lowest BCUT2D eigenvalue weighted by Gasteiger charge is -2.08. The third-order valence-electron chi connectivity index (χ3n) is 3.34. The number of benzene rings is 1. The number of rotatable bonds is 1. The topological polar surface area (TPSA) is 55.7 Å². The van der Waals surface area contributed by atoms with Gasteiger partial charge in [0.25, 0.3) is 0 Å². The number of ether oxygens (including phenoxy) is 1. The average molecular weight is 252 g/mol. The van der Waals surface area contributed by atoms with E-state index in [1.165, 1.54) is 0 Å². The van der Waals surface area contributed by atoms with Gasteiger partial charge in [-0.3, -0.25) is 0 Å². The van der Waals surface area contributed by atoms with E-state index in [0.717, 1.165) is 34.9 Å². The maximum Gasteiger partial charge on any atom is 0.143 e. The van der Waals surface area contributed by atoms with Gasteiger partial charge >= 0.3 is 0 Å². The van der Waals surface area contributed by atoms with Gasteiger partial charge in [-0.25, -0.2) is 9.97 Å². The Balaban J connectivity index is 1.87. The fourth-order valence-corrected chi connectivity index (χ4v) is 2.40. The van der Waals surface area contributed by atoms with Crippen LogP contribution in [-0.4, -0.2) is 26.1 Å². The van der Waals surface area contributed by atoms with Crippen molar-refractivity contribution in [1.82, 2.24) is 19.5 Å². The largest absolute Gasteiger partial charge is 0.491 e. The molecular weight excluding hydrogens is 240 g/mol. The van der Waals surface area contributed by atoms with Crippen LogP contribution in [0.25, 0.3) is 22.6 Å². The molecule has 5 heteroatoms. The van der Waals surface area contributed by atoms with Gasteiger partial charge in [-0.15, -0.1) is 0 Å². The van der Waals surface area contributed by atoms with Crippen LogP contribution in [0.3, 0.4) is 0 Å². The van der Waals surface area contributed by atoms with Crippen LogP contribution >= 0.6 is 0 Å². The predicted molar refractivity (Wildman–Crippen MR) is 70.7 cm³/mol. The molecular formula is C14H12N4O. The Labute approximate surface area is 109 Å². The summed E-state index contributed by atoms with van der Waals surface area (Å²) in [6, 6.07) is 6.14. The highest BCUT2D eigenvalue weighted by Gasteiger charge is 2.16. The zero-order chi connectivity index (χ0) is 12.7. The first-order valence-corrected chi connectivity index (χ1v) is 6.19. The molecule has 1 aliphatic rings. The molecule has 0 atom stereocenters. The maximum atomic E-state index is 5.83. The Hall–Kier alpha value is -2.56. The average Bonchev–Trinajstić information content (AvgIpc) is 3.08. The molecule has 0 spiro atoms. The molecule has 0 saturated carbocycles. The first-order valence-electron chi connectivity index (χ1n) is 6.19. The summed E-state index contributed by atoms with van der Waals surface area (Å²) in [5.74, 6) is 1.83. The van der Waals surface area contributed by atoms with E-state index in [0.29, 0.717) is 6.61 Å². The van der Waals surface area contributed by atoms with Gasteiger partial charge in [-0.1, -0.05) is 6.07 Å². The van der Waals surface area contributed by atoms with Crippen LogP contribution in [0.5, 0.6) is 5.75 Å². The van der Waals surface area contributed by atoms with Crippen molar-refractivity contribution < 1.29 is 4.74 Å². The first kappa shape index (κ1) is 10.4. The highest BCUT2D eigenvalue weighted by Crippen LogP contribution is 2.34. The van der Waals surface area contributed by atoms with Crippen LogP contribution < -0.4 is 4.74 Å². The minimum Gasteiger partial charge on any atom is -0.491 e. The molecule has 2 aromatic heterocycles. The van der Waals surface area contributed by atoms with Gasteiger partial charge in [-0.2, -0.15) is 0 Å². The summed E-state index contributed by atoms with van der Waals surface area (Å²) < 4.78 is 7.95. The van der Waals surface area contributed by atoms with E-state index in [2.05, 4.69) is 31.7 Å². The first-order chi connectivity index (χ1) is 9.42. The molecule has 0 fully saturated rings. The van der Waals surface area contributed by atoms with Gasteiger partial charge in [0.2, 0.25) is 0 Å². The number of H-pyrrole nitrogens is 1. The third kappa shape index (κ3) is 1.62. The molecule has 0 bridgehead atoms. The number of aromatic amines is 1. The summed E-state index contributed by atoms with van der Waals surface area (Å²) >= 11 is 0. The van der Waals surface area contributed by atoms with E-state index >= 15 is 0 Å². The van der Waals surface area contributed by atoms with Crippen LogP contribution in [-0.2, 0) is 6.54 Å². The van der Waals surface area contributed by atoms with Crippen molar-refractivity contribution in [1.29, 1.82) is 0 Å². The molecule has 5 nitrogen and oxygen atoms in total. The summed E-state index contributed by atoms with van der Waals surface area (Å²) in [4.78, 5) is 11.6. The molecule has 3 aromatic rings. The normalized spacial score (nSPS) is 13.3. The van der Waals surface area contributed by atoms with Gasteiger partial charge in [-0.05, 0) is 12.1 Å². The van der Waals surface area contributed by atoms with E-state index in [4.69, 9.17) is 4.74 Å². The molecule has 0 aliphatic carbocycles. The fraction of sp³-hybridized carbons (Fsp3) is 0.143. The second-order valence-electron chi connectivity index (χ2n) is 4.47. The van der Waals surface area contributed by atoms with Gasteiger partial charge in [0.05, 0.1) is 30.3 Å². The second kappa shape index (κ2) is 3.98. The molecule has 1 N–H and O–H groups in total. The summed E-state index contributed by atoms with van der Waals surface area (Å²) in [7, 11) is 0. The molecule has 0 unspecified atom stereocenters. The SMILES string of the molecule is c1cn2c(n1)-c1ccc(-c3cnc[nH]3)cc1OCC2. The number of hydrogen-bond acceptors (Lipinski definition) is 3. The third-order valence-corrected chi connectivity index (χ3v) is 3.34. The molecule has 0 saturated heterocycles. The van der Waals surface area contributed by atoms with Crippen molar-refractivity contribution in [3.63, 3.8) is 0 Å². The van der Waals surface area contributed by atoms with E-state index in [-0.39, 0.29) is 0 Å². The van der Waals surface area contributed by atoms with E-state index in [9.17, 15) is 0 Å². The molecule has 4 rings (SSSR count). The van der Waals surface area contributed by atoms with Gasteiger partial charge in [0.1, 0.15) is 18.2 Å². The van der Waals surface area contributed by atoms with Crippen molar-refractivity contribution >= 4 is 0 Å². The zero-order valence-corrected chi connectivity index (χ0v) is 10.2. The van der Waals surface area contributed by atoms with Crippen LogP contribution in [0.2, 0.25) is 0 Å². The Morgan fingerprint density at radius 1 is 1.32 bits per heavy atom. The van der Waals surface area contributed by atoms with Crippen molar-refractivity contribution in [2.45, 2.75) is 6.54 Å². The number of fused-ring (bicyclic) bond motifs is 3. The van der Waals surface area contributed by atoms with Crippen LogP contribution in [0.15, 0.2) is 43.1 Å². The molecule has 3 heterocycles.